The van der Waals surface area contributed by atoms with E-state index in [0.717, 1.165) is 40.6 Å². The smallest absolute Gasteiger partial charge is 0.157 e. The highest BCUT2D eigenvalue weighted by molar-refractivity contribution is 5.50. The number of benzene rings is 1. The lowest BCUT2D eigenvalue weighted by Crippen LogP contribution is -2.11. The maximum absolute atomic E-state index is 5.30. The SMILES string of the molecule is CCc1cc(NC(C)c2cnn(-c3cccc(OC)c3)c2)n2nccc2n1. The van der Waals surface area contributed by atoms with Gasteiger partial charge in [-0.25, -0.2) is 9.67 Å². The summed E-state index contributed by atoms with van der Waals surface area (Å²) in [6.45, 7) is 4.20. The van der Waals surface area contributed by atoms with Crippen LogP contribution < -0.4 is 10.1 Å². The third-order valence-electron chi connectivity index (χ3n) is 4.56. The minimum atomic E-state index is 0.0591. The normalized spacial score (nSPS) is 12.3. The maximum atomic E-state index is 5.30. The summed E-state index contributed by atoms with van der Waals surface area (Å²) >= 11 is 0. The minimum Gasteiger partial charge on any atom is -0.497 e. The van der Waals surface area contributed by atoms with Crippen molar-refractivity contribution in [1.82, 2.24) is 24.4 Å². The van der Waals surface area contributed by atoms with Gasteiger partial charge in [0.2, 0.25) is 0 Å². The molecule has 1 aromatic carbocycles. The Morgan fingerprint density at radius 1 is 1.19 bits per heavy atom. The van der Waals surface area contributed by atoms with Crippen molar-refractivity contribution in [2.75, 3.05) is 12.4 Å². The molecule has 0 aliphatic heterocycles. The Balaban J connectivity index is 1.60. The summed E-state index contributed by atoms with van der Waals surface area (Å²) in [5.74, 6) is 1.73. The summed E-state index contributed by atoms with van der Waals surface area (Å²) in [5, 5.41) is 12.4. The zero-order valence-corrected chi connectivity index (χ0v) is 15.6. The summed E-state index contributed by atoms with van der Waals surface area (Å²) in [5.41, 5.74) is 3.91. The van der Waals surface area contributed by atoms with Crippen molar-refractivity contribution in [3.8, 4) is 11.4 Å². The van der Waals surface area contributed by atoms with Crippen LogP contribution in [0.2, 0.25) is 0 Å². The van der Waals surface area contributed by atoms with E-state index < -0.39 is 0 Å². The van der Waals surface area contributed by atoms with Crippen molar-refractivity contribution in [3.63, 3.8) is 0 Å². The molecule has 3 aromatic heterocycles. The van der Waals surface area contributed by atoms with Gasteiger partial charge in [-0.1, -0.05) is 13.0 Å². The highest BCUT2D eigenvalue weighted by Crippen LogP contribution is 2.22. The molecule has 4 aromatic rings. The van der Waals surface area contributed by atoms with Crippen molar-refractivity contribution in [3.05, 3.63) is 66.2 Å². The number of methoxy groups -OCH3 is 1. The quantitative estimate of drug-likeness (QED) is 0.567. The Hall–Kier alpha value is -3.35. The van der Waals surface area contributed by atoms with Crippen LogP contribution in [0.15, 0.2) is 55.0 Å². The first-order valence-electron chi connectivity index (χ1n) is 8.97. The molecule has 0 aliphatic carbocycles. The number of nitrogens with zero attached hydrogens (tertiary/aromatic N) is 5. The molecule has 1 N–H and O–H groups in total. The van der Waals surface area contributed by atoms with E-state index in [1.807, 2.05) is 58.0 Å². The van der Waals surface area contributed by atoms with Crippen LogP contribution >= 0.6 is 0 Å². The first kappa shape index (κ1) is 17.1. The number of hydrogen-bond acceptors (Lipinski definition) is 5. The Morgan fingerprint density at radius 3 is 2.89 bits per heavy atom. The van der Waals surface area contributed by atoms with Crippen LogP contribution in [-0.4, -0.2) is 31.5 Å². The second-order valence-corrected chi connectivity index (χ2v) is 6.37. The largest absolute Gasteiger partial charge is 0.497 e. The molecule has 0 spiro atoms. The van der Waals surface area contributed by atoms with Crippen LogP contribution in [0.1, 0.15) is 31.1 Å². The molecule has 7 nitrogen and oxygen atoms in total. The predicted octanol–water partition coefficient (Wildman–Crippen LogP) is 3.66. The summed E-state index contributed by atoms with van der Waals surface area (Å²) in [6, 6.07) is 11.8. The minimum absolute atomic E-state index is 0.0591. The van der Waals surface area contributed by atoms with Gasteiger partial charge in [0.25, 0.3) is 0 Å². The van der Waals surface area contributed by atoms with Gasteiger partial charge in [-0.05, 0) is 25.5 Å². The summed E-state index contributed by atoms with van der Waals surface area (Å²) in [7, 11) is 1.66. The molecule has 0 saturated heterocycles. The highest BCUT2D eigenvalue weighted by atomic mass is 16.5. The second-order valence-electron chi connectivity index (χ2n) is 6.37. The van der Waals surface area contributed by atoms with Crippen molar-refractivity contribution in [2.45, 2.75) is 26.3 Å². The summed E-state index contributed by atoms with van der Waals surface area (Å²) in [6.07, 6.45) is 6.53. The molecule has 3 heterocycles. The van der Waals surface area contributed by atoms with Gasteiger partial charge in [-0.3, -0.25) is 0 Å². The second kappa shape index (κ2) is 7.11. The topological polar surface area (TPSA) is 69.3 Å². The lowest BCUT2D eigenvalue weighted by atomic mass is 10.2. The molecular weight excluding hydrogens is 340 g/mol. The van der Waals surface area contributed by atoms with Crippen molar-refractivity contribution in [1.29, 1.82) is 0 Å². The molecule has 27 heavy (non-hydrogen) atoms. The van der Waals surface area contributed by atoms with Gasteiger partial charge < -0.3 is 10.1 Å². The number of ether oxygens (including phenoxy) is 1. The number of aryl methyl sites for hydroxylation is 1. The predicted molar refractivity (Wildman–Crippen MR) is 105 cm³/mol. The van der Waals surface area contributed by atoms with E-state index in [-0.39, 0.29) is 6.04 Å². The van der Waals surface area contributed by atoms with Gasteiger partial charge in [0.15, 0.2) is 5.65 Å². The van der Waals surface area contributed by atoms with Crippen LogP contribution in [0.25, 0.3) is 11.3 Å². The molecule has 0 bridgehead atoms. The van der Waals surface area contributed by atoms with Crippen LogP contribution in [-0.2, 0) is 6.42 Å². The highest BCUT2D eigenvalue weighted by Gasteiger charge is 2.13. The van der Waals surface area contributed by atoms with Crippen LogP contribution in [0.5, 0.6) is 5.75 Å². The van der Waals surface area contributed by atoms with Crippen LogP contribution in [0.3, 0.4) is 0 Å². The van der Waals surface area contributed by atoms with Crippen molar-refractivity contribution < 1.29 is 4.74 Å². The number of anilines is 1. The van der Waals surface area contributed by atoms with E-state index in [9.17, 15) is 0 Å². The Bertz CT molecular complexity index is 1070. The number of aromatic nitrogens is 5. The zero-order valence-electron chi connectivity index (χ0n) is 15.6. The van der Waals surface area contributed by atoms with Crippen LogP contribution in [0.4, 0.5) is 5.82 Å². The molecule has 0 saturated carbocycles. The number of hydrogen-bond donors (Lipinski definition) is 1. The Kier molecular flexibility index (Phi) is 4.50. The number of nitrogens with one attached hydrogen (secondary N) is 1. The fourth-order valence-corrected chi connectivity index (χ4v) is 3.01. The summed E-state index contributed by atoms with van der Waals surface area (Å²) < 4.78 is 8.97. The lowest BCUT2D eigenvalue weighted by molar-refractivity contribution is 0.414. The van der Waals surface area contributed by atoms with E-state index >= 15 is 0 Å². The fraction of sp³-hybridized carbons (Fsp3) is 0.250. The molecule has 0 fully saturated rings. The average molecular weight is 362 g/mol. The van der Waals surface area contributed by atoms with E-state index in [0.29, 0.717) is 0 Å². The van der Waals surface area contributed by atoms with E-state index in [2.05, 4.69) is 34.3 Å². The molecule has 4 rings (SSSR count). The van der Waals surface area contributed by atoms with Gasteiger partial charge in [0.1, 0.15) is 11.6 Å². The fourth-order valence-electron chi connectivity index (χ4n) is 3.01. The summed E-state index contributed by atoms with van der Waals surface area (Å²) in [4.78, 5) is 4.59. The van der Waals surface area contributed by atoms with Gasteiger partial charge in [-0.2, -0.15) is 14.7 Å². The monoisotopic (exact) mass is 362 g/mol. The molecule has 0 aliphatic rings. The molecule has 7 heteroatoms. The third-order valence-corrected chi connectivity index (χ3v) is 4.56. The first-order valence-corrected chi connectivity index (χ1v) is 8.97. The lowest BCUT2D eigenvalue weighted by Gasteiger charge is -2.15. The Labute approximate surface area is 157 Å². The van der Waals surface area contributed by atoms with Gasteiger partial charge in [0.05, 0.1) is 31.2 Å². The van der Waals surface area contributed by atoms with E-state index in [1.165, 1.54) is 0 Å². The third kappa shape index (κ3) is 3.36. The molecular formula is C20H22N6O. The molecule has 0 amide bonds. The van der Waals surface area contributed by atoms with Gasteiger partial charge in [0, 0.05) is 35.7 Å². The Morgan fingerprint density at radius 2 is 2.07 bits per heavy atom. The van der Waals surface area contributed by atoms with Crippen molar-refractivity contribution in [2.24, 2.45) is 0 Å². The van der Waals surface area contributed by atoms with E-state index in [4.69, 9.17) is 4.74 Å². The molecule has 1 atom stereocenters. The number of rotatable bonds is 6. The van der Waals surface area contributed by atoms with Gasteiger partial charge in [-0.15, -0.1) is 0 Å². The molecule has 0 radical (unpaired) electrons. The van der Waals surface area contributed by atoms with Crippen molar-refractivity contribution >= 4 is 11.5 Å². The molecule has 138 valence electrons. The maximum Gasteiger partial charge on any atom is 0.157 e. The average Bonchev–Trinajstić information content (AvgIpc) is 3.37. The zero-order chi connectivity index (χ0) is 18.8. The number of fused-ring (bicyclic) bond motifs is 1. The van der Waals surface area contributed by atoms with Gasteiger partial charge >= 0.3 is 0 Å². The first-order chi connectivity index (χ1) is 13.2. The van der Waals surface area contributed by atoms with Crippen LogP contribution in [0, 0.1) is 0 Å². The molecule has 1 unspecified atom stereocenters. The van der Waals surface area contributed by atoms with E-state index in [1.54, 1.807) is 13.3 Å². The standard InChI is InChI=1S/C20H22N6O/c1-4-16-10-20(26-19(24-16)8-9-21-26)23-14(2)15-12-22-25(13-15)17-6-5-7-18(11-17)27-3/h5-14,23H,4H2,1-3H3.